The van der Waals surface area contributed by atoms with Gasteiger partial charge in [0.25, 0.3) is 0 Å². The van der Waals surface area contributed by atoms with Gasteiger partial charge in [0.05, 0.1) is 12.2 Å². The van der Waals surface area contributed by atoms with Crippen molar-refractivity contribution >= 4 is 29.0 Å². The van der Waals surface area contributed by atoms with Crippen molar-refractivity contribution in [2.24, 2.45) is 0 Å². The Kier molecular flexibility index (Phi) is 5.28. The monoisotopic (exact) mass is 342 g/mol. The summed E-state index contributed by atoms with van der Waals surface area (Å²) in [5.41, 5.74) is 1.47. The zero-order valence-electron chi connectivity index (χ0n) is 13.3. The largest absolute Gasteiger partial charge is 0.324 e. The summed E-state index contributed by atoms with van der Waals surface area (Å²) in [6.07, 6.45) is 2.26. The number of benzene rings is 2. The minimum absolute atomic E-state index is 0.110. The van der Waals surface area contributed by atoms with Gasteiger partial charge in [0.2, 0.25) is 5.91 Å². The van der Waals surface area contributed by atoms with Crippen LogP contribution in [0.5, 0.6) is 0 Å². The molecule has 1 aliphatic rings. The van der Waals surface area contributed by atoms with Crippen molar-refractivity contribution in [3.8, 4) is 0 Å². The molecule has 0 saturated carbocycles. The van der Waals surface area contributed by atoms with Gasteiger partial charge >= 0.3 is 0 Å². The molecule has 1 saturated heterocycles. The maximum Gasteiger partial charge on any atom is 0.238 e. The Morgan fingerprint density at radius 2 is 1.75 bits per heavy atom. The molecule has 1 amide bonds. The standard InChI is InChI=1S/C19H19ClN2O2/c20-15-8-9-17(21-18(23)13-22-10-4-5-11-22)16(12-15)19(24)14-6-2-1-3-7-14/h1-3,6-9,12H,4-5,10-11,13H2,(H,21,23). The number of rotatable bonds is 5. The van der Waals surface area contributed by atoms with E-state index in [2.05, 4.69) is 10.2 Å². The van der Waals surface area contributed by atoms with Crippen LogP contribution in [0.2, 0.25) is 5.02 Å². The fourth-order valence-electron chi connectivity index (χ4n) is 2.89. The number of likely N-dealkylation sites (tertiary alicyclic amines) is 1. The van der Waals surface area contributed by atoms with Crippen LogP contribution in [0, 0.1) is 0 Å². The summed E-state index contributed by atoms with van der Waals surface area (Å²) >= 11 is 6.05. The summed E-state index contributed by atoms with van der Waals surface area (Å²) in [6.45, 7) is 2.25. The first-order chi connectivity index (χ1) is 11.6. The Bertz CT molecular complexity index is 740. The van der Waals surface area contributed by atoms with Crippen molar-refractivity contribution in [2.45, 2.75) is 12.8 Å². The fourth-order valence-corrected chi connectivity index (χ4v) is 3.06. The molecule has 1 N–H and O–H groups in total. The van der Waals surface area contributed by atoms with Crippen LogP contribution in [0.1, 0.15) is 28.8 Å². The van der Waals surface area contributed by atoms with Crippen LogP contribution < -0.4 is 5.32 Å². The van der Waals surface area contributed by atoms with Gasteiger partial charge in [-0.2, -0.15) is 0 Å². The number of ketones is 1. The van der Waals surface area contributed by atoms with Gasteiger partial charge in [0.1, 0.15) is 0 Å². The predicted octanol–water partition coefficient (Wildman–Crippen LogP) is 3.61. The lowest BCUT2D eigenvalue weighted by atomic mass is 10.0. The third kappa shape index (κ3) is 4.02. The van der Waals surface area contributed by atoms with E-state index in [0.717, 1.165) is 25.9 Å². The maximum absolute atomic E-state index is 12.7. The number of carbonyl (C=O) groups is 2. The van der Waals surface area contributed by atoms with Crippen LogP contribution in [-0.2, 0) is 4.79 Å². The summed E-state index contributed by atoms with van der Waals surface area (Å²) in [4.78, 5) is 27.1. The molecular weight excluding hydrogens is 324 g/mol. The highest BCUT2D eigenvalue weighted by Gasteiger charge is 2.18. The van der Waals surface area contributed by atoms with Gasteiger partial charge in [-0.25, -0.2) is 0 Å². The molecule has 3 rings (SSSR count). The SMILES string of the molecule is O=C(CN1CCCC1)Nc1ccc(Cl)cc1C(=O)c1ccccc1. The van der Waals surface area contributed by atoms with Crippen molar-refractivity contribution < 1.29 is 9.59 Å². The summed E-state index contributed by atoms with van der Waals surface area (Å²) in [5.74, 6) is -0.268. The van der Waals surface area contributed by atoms with E-state index >= 15 is 0 Å². The first-order valence-corrected chi connectivity index (χ1v) is 8.43. The lowest BCUT2D eigenvalue weighted by Gasteiger charge is -2.16. The van der Waals surface area contributed by atoms with Gasteiger partial charge in [-0.05, 0) is 44.1 Å². The number of nitrogens with one attached hydrogen (secondary N) is 1. The minimum atomic E-state index is -0.158. The Morgan fingerprint density at radius 3 is 2.46 bits per heavy atom. The third-order valence-electron chi connectivity index (χ3n) is 4.10. The number of hydrogen-bond donors (Lipinski definition) is 1. The van der Waals surface area contributed by atoms with Gasteiger partial charge < -0.3 is 5.32 Å². The topological polar surface area (TPSA) is 49.4 Å². The summed E-state index contributed by atoms with van der Waals surface area (Å²) < 4.78 is 0. The molecule has 1 aliphatic heterocycles. The van der Waals surface area contributed by atoms with Gasteiger partial charge in [-0.15, -0.1) is 0 Å². The molecule has 2 aromatic rings. The van der Waals surface area contributed by atoms with Gasteiger partial charge in [0, 0.05) is 16.1 Å². The van der Waals surface area contributed by atoms with Crippen LogP contribution in [-0.4, -0.2) is 36.2 Å². The lowest BCUT2D eigenvalue weighted by Crippen LogP contribution is -2.31. The van der Waals surface area contributed by atoms with Crippen molar-refractivity contribution in [1.29, 1.82) is 0 Å². The van der Waals surface area contributed by atoms with E-state index in [9.17, 15) is 9.59 Å². The average molecular weight is 343 g/mol. The smallest absolute Gasteiger partial charge is 0.238 e. The molecule has 0 aromatic heterocycles. The summed E-state index contributed by atoms with van der Waals surface area (Å²) in [6, 6.07) is 13.9. The molecule has 0 spiro atoms. The molecule has 2 aromatic carbocycles. The summed E-state index contributed by atoms with van der Waals surface area (Å²) in [7, 11) is 0. The van der Waals surface area contributed by atoms with Gasteiger partial charge in [-0.1, -0.05) is 41.9 Å². The highest BCUT2D eigenvalue weighted by molar-refractivity contribution is 6.31. The molecule has 4 nitrogen and oxygen atoms in total. The third-order valence-corrected chi connectivity index (χ3v) is 4.34. The van der Waals surface area contributed by atoms with E-state index in [1.165, 1.54) is 0 Å². The van der Waals surface area contributed by atoms with Crippen molar-refractivity contribution in [3.63, 3.8) is 0 Å². The van der Waals surface area contributed by atoms with Crippen LogP contribution >= 0.6 is 11.6 Å². The van der Waals surface area contributed by atoms with Gasteiger partial charge in [0.15, 0.2) is 5.78 Å². The van der Waals surface area contributed by atoms with E-state index in [1.807, 2.05) is 18.2 Å². The normalized spacial score (nSPS) is 14.5. The molecule has 0 bridgehead atoms. The number of hydrogen-bond acceptors (Lipinski definition) is 3. The second kappa shape index (κ2) is 7.60. The zero-order chi connectivity index (χ0) is 16.9. The highest BCUT2D eigenvalue weighted by Crippen LogP contribution is 2.24. The lowest BCUT2D eigenvalue weighted by molar-refractivity contribution is -0.117. The average Bonchev–Trinajstić information content (AvgIpc) is 3.09. The predicted molar refractivity (Wildman–Crippen MR) is 95.6 cm³/mol. The number of halogens is 1. The van der Waals surface area contributed by atoms with Crippen LogP contribution in [0.25, 0.3) is 0 Å². The van der Waals surface area contributed by atoms with Crippen LogP contribution in [0.15, 0.2) is 48.5 Å². The molecule has 124 valence electrons. The fraction of sp³-hybridized carbons (Fsp3) is 0.263. The molecule has 1 heterocycles. The van der Waals surface area contributed by atoms with E-state index in [1.54, 1.807) is 30.3 Å². The Labute approximate surface area is 146 Å². The van der Waals surface area contributed by atoms with Crippen molar-refractivity contribution in [3.05, 3.63) is 64.7 Å². The molecule has 0 aliphatic carbocycles. The van der Waals surface area contributed by atoms with Crippen LogP contribution in [0.4, 0.5) is 5.69 Å². The maximum atomic E-state index is 12.7. The second-order valence-electron chi connectivity index (χ2n) is 5.92. The first-order valence-electron chi connectivity index (χ1n) is 8.05. The molecular formula is C19H19ClN2O2. The molecule has 0 unspecified atom stereocenters. The molecule has 24 heavy (non-hydrogen) atoms. The number of carbonyl (C=O) groups excluding carboxylic acids is 2. The van der Waals surface area contributed by atoms with Gasteiger partial charge in [-0.3, -0.25) is 14.5 Å². The van der Waals surface area contributed by atoms with E-state index in [0.29, 0.717) is 28.4 Å². The van der Waals surface area contributed by atoms with Crippen LogP contribution in [0.3, 0.4) is 0 Å². The van der Waals surface area contributed by atoms with Crippen molar-refractivity contribution in [1.82, 2.24) is 4.90 Å². The molecule has 0 radical (unpaired) electrons. The Morgan fingerprint density at radius 1 is 1.04 bits per heavy atom. The van der Waals surface area contributed by atoms with Crippen molar-refractivity contribution in [2.75, 3.05) is 25.0 Å². The summed E-state index contributed by atoms with van der Waals surface area (Å²) in [5, 5.41) is 3.32. The first kappa shape index (κ1) is 16.7. The Hall–Kier alpha value is -2.17. The molecule has 5 heteroatoms. The minimum Gasteiger partial charge on any atom is -0.324 e. The van der Waals surface area contributed by atoms with E-state index < -0.39 is 0 Å². The number of nitrogens with zero attached hydrogens (tertiary/aromatic N) is 1. The van der Waals surface area contributed by atoms with E-state index in [4.69, 9.17) is 11.6 Å². The molecule has 1 fully saturated rings. The number of amides is 1. The zero-order valence-corrected chi connectivity index (χ0v) is 14.1. The second-order valence-corrected chi connectivity index (χ2v) is 6.35. The van der Waals surface area contributed by atoms with E-state index in [-0.39, 0.29) is 11.7 Å². The molecule has 0 atom stereocenters. The highest BCUT2D eigenvalue weighted by atomic mass is 35.5. The quantitative estimate of drug-likeness (QED) is 0.844. The Balaban J connectivity index is 1.80. The number of anilines is 1.